The number of methoxy groups -OCH3 is 2. The maximum Gasteiger partial charge on any atom is 0.311 e. The van der Waals surface area contributed by atoms with Gasteiger partial charge in [0.1, 0.15) is 6.10 Å². The summed E-state index contributed by atoms with van der Waals surface area (Å²) in [6.07, 6.45) is 0.244. The van der Waals surface area contributed by atoms with E-state index in [-0.39, 0.29) is 12.6 Å². The number of benzene rings is 1. The highest BCUT2D eigenvalue weighted by Gasteiger charge is 2.25. The molecule has 6 heteroatoms. The summed E-state index contributed by atoms with van der Waals surface area (Å²) >= 11 is 0. The number of hydrogen-bond acceptors (Lipinski definition) is 6. The van der Waals surface area contributed by atoms with Gasteiger partial charge in [0.25, 0.3) is 0 Å². The third-order valence-electron chi connectivity index (χ3n) is 3.50. The van der Waals surface area contributed by atoms with Gasteiger partial charge in [-0.15, -0.1) is 0 Å². The van der Waals surface area contributed by atoms with Crippen LogP contribution < -0.4 is 14.8 Å². The van der Waals surface area contributed by atoms with E-state index in [1.807, 2.05) is 18.2 Å². The lowest BCUT2D eigenvalue weighted by Crippen LogP contribution is -2.37. The maximum atomic E-state index is 11.8. The molecule has 0 spiro atoms. The van der Waals surface area contributed by atoms with Crippen molar-refractivity contribution in [3.8, 4) is 11.5 Å². The Kier molecular flexibility index (Phi) is 8.01. The fourth-order valence-corrected chi connectivity index (χ4v) is 2.00. The molecular weight excluding hydrogens is 310 g/mol. The van der Waals surface area contributed by atoms with E-state index in [1.165, 1.54) is 0 Å². The van der Waals surface area contributed by atoms with Crippen LogP contribution in [-0.2, 0) is 16.0 Å². The van der Waals surface area contributed by atoms with Gasteiger partial charge in [0.15, 0.2) is 11.5 Å². The van der Waals surface area contributed by atoms with E-state index in [1.54, 1.807) is 35.0 Å². The van der Waals surface area contributed by atoms with Gasteiger partial charge in [-0.1, -0.05) is 6.07 Å². The first kappa shape index (κ1) is 20.3. The molecule has 0 amide bonds. The second-order valence-electron chi connectivity index (χ2n) is 6.60. The normalized spacial score (nSPS) is 12.6. The SMILES string of the molecule is COc1ccc(CCNCC(CO)OC(=O)C(C)(C)C)cc1OC. The molecule has 0 radical (unpaired) electrons. The van der Waals surface area contributed by atoms with E-state index in [9.17, 15) is 9.90 Å². The summed E-state index contributed by atoms with van der Waals surface area (Å²) < 4.78 is 15.8. The average molecular weight is 339 g/mol. The van der Waals surface area contributed by atoms with Gasteiger partial charge in [0.05, 0.1) is 26.2 Å². The van der Waals surface area contributed by atoms with Crippen LogP contribution in [0.2, 0.25) is 0 Å². The Bertz CT molecular complexity index is 525. The Morgan fingerprint density at radius 3 is 2.42 bits per heavy atom. The van der Waals surface area contributed by atoms with E-state index in [0.717, 1.165) is 12.0 Å². The summed E-state index contributed by atoms with van der Waals surface area (Å²) in [6.45, 7) is 6.26. The van der Waals surface area contributed by atoms with E-state index >= 15 is 0 Å². The van der Waals surface area contributed by atoms with Crippen LogP contribution in [0.4, 0.5) is 0 Å². The number of ether oxygens (including phenoxy) is 3. The van der Waals surface area contributed by atoms with Crippen LogP contribution >= 0.6 is 0 Å². The van der Waals surface area contributed by atoms with Gasteiger partial charge < -0.3 is 24.6 Å². The van der Waals surface area contributed by atoms with Gasteiger partial charge in [-0.3, -0.25) is 4.79 Å². The van der Waals surface area contributed by atoms with Gasteiger partial charge in [-0.2, -0.15) is 0 Å². The number of carbonyl (C=O) groups is 1. The van der Waals surface area contributed by atoms with Crippen LogP contribution in [0.1, 0.15) is 26.3 Å². The Hall–Kier alpha value is -1.79. The van der Waals surface area contributed by atoms with Crippen LogP contribution in [-0.4, -0.2) is 51.1 Å². The minimum Gasteiger partial charge on any atom is -0.493 e. The zero-order valence-electron chi connectivity index (χ0n) is 15.2. The molecular formula is C18H29NO5. The van der Waals surface area contributed by atoms with Crippen molar-refractivity contribution in [1.82, 2.24) is 5.32 Å². The van der Waals surface area contributed by atoms with Crippen molar-refractivity contribution < 1.29 is 24.1 Å². The molecule has 1 atom stereocenters. The third-order valence-corrected chi connectivity index (χ3v) is 3.50. The smallest absolute Gasteiger partial charge is 0.311 e. The van der Waals surface area contributed by atoms with Crippen molar-refractivity contribution >= 4 is 5.97 Å². The first-order valence-corrected chi connectivity index (χ1v) is 8.05. The predicted octanol–water partition coefficient (Wildman–Crippen LogP) is 1.79. The molecule has 0 aliphatic carbocycles. The molecule has 2 N–H and O–H groups in total. The van der Waals surface area contributed by atoms with Crippen LogP contribution in [0.5, 0.6) is 11.5 Å². The molecule has 0 heterocycles. The minimum absolute atomic E-state index is 0.203. The number of aliphatic hydroxyl groups is 1. The van der Waals surface area contributed by atoms with Gasteiger partial charge in [-0.25, -0.2) is 0 Å². The maximum absolute atomic E-state index is 11.8. The lowest BCUT2D eigenvalue weighted by atomic mass is 9.97. The number of esters is 1. The summed E-state index contributed by atoms with van der Waals surface area (Å²) in [5.74, 6) is 1.08. The van der Waals surface area contributed by atoms with E-state index < -0.39 is 11.5 Å². The molecule has 1 unspecified atom stereocenters. The van der Waals surface area contributed by atoms with E-state index in [4.69, 9.17) is 14.2 Å². The van der Waals surface area contributed by atoms with Crippen LogP contribution in [0, 0.1) is 5.41 Å². The number of hydrogen-bond donors (Lipinski definition) is 2. The third kappa shape index (κ3) is 6.37. The molecule has 6 nitrogen and oxygen atoms in total. The first-order chi connectivity index (χ1) is 11.3. The monoisotopic (exact) mass is 339 g/mol. The lowest BCUT2D eigenvalue weighted by Gasteiger charge is -2.22. The van der Waals surface area contributed by atoms with Crippen LogP contribution in [0.25, 0.3) is 0 Å². The largest absolute Gasteiger partial charge is 0.493 e. The molecule has 136 valence electrons. The molecule has 1 aromatic rings. The lowest BCUT2D eigenvalue weighted by molar-refractivity contribution is -0.160. The van der Waals surface area contributed by atoms with Crippen molar-refractivity contribution in [3.63, 3.8) is 0 Å². The van der Waals surface area contributed by atoms with Crippen molar-refractivity contribution in [2.45, 2.75) is 33.3 Å². The van der Waals surface area contributed by atoms with Crippen molar-refractivity contribution in [2.75, 3.05) is 33.9 Å². The molecule has 0 bridgehead atoms. The Labute approximate surface area is 144 Å². The highest BCUT2D eigenvalue weighted by Crippen LogP contribution is 2.27. The highest BCUT2D eigenvalue weighted by molar-refractivity contribution is 5.75. The zero-order valence-corrected chi connectivity index (χ0v) is 15.2. The highest BCUT2D eigenvalue weighted by atomic mass is 16.6. The fourth-order valence-electron chi connectivity index (χ4n) is 2.00. The number of nitrogens with one attached hydrogen (secondary N) is 1. The van der Waals surface area contributed by atoms with Crippen molar-refractivity contribution in [1.29, 1.82) is 0 Å². The van der Waals surface area contributed by atoms with E-state index in [0.29, 0.717) is 24.6 Å². The standard InChI is InChI=1S/C18H29NO5/c1-18(2,3)17(21)24-14(12-20)11-19-9-8-13-6-7-15(22-4)16(10-13)23-5/h6-7,10,14,19-20H,8-9,11-12H2,1-5H3. The summed E-state index contributed by atoms with van der Waals surface area (Å²) in [5.41, 5.74) is 0.528. The number of carbonyl (C=O) groups excluding carboxylic acids is 1. The molecule has 0 aliphatic heterocycles. The van der Waals surface area contributed by atoms with Gasteiger partial charge in [0.2, 0.25) is 0 Å². The zero-order chi connectivity index (χ0) is 18.2. The average Bonchev–Trinajstić information content (AvgIpc) is 2.56. The first-order valence-electron chi connectivity index (χ1n) is 8.05. The van der Waals surface area contributed by atoms with Gasteiger partial charge in [-0.05, 0) is 51.4 Å². The molecule has 0 saturated carbocycles. The van der Waals surface area contributed by atoms with Crippen molar-refractivity contribution in [2.24, 2.45) is 5.41 Å². The quantitative estimate of drug-likeness (QED) is 0.528. The topological polar surface area (TPSA) is 77.0 Å². The predicted molar refractivity (Wildman–Crippen MR) is 92.5 cm³/mol. The second-order valence-corrected chi connectivity index (χ2v) is 6.60. The minimum atomic E-state index is -0.576. The second kappa shape index (κ2) is 9.49. The summed E-state index contributed by atoms with van der Waals surface area (Å²) in [4.78, 5) is 11.8. The van der Waals surface area contributed by atoms with Gasteiger partial charge >= 0.3 is 5.97 Å². The Balaban J connectivity index is 2.43. The fraction of sp³-hybridized carbons (Fsp3) is 0.611. The Morgan fingerprint density at radius 2 is 1.88 bits per heavy atom. The number of aliphatic hydroxyl groups excluding tert-OH is 1. The molecule has 1 rings (SSSR count). The molecule has 0 fully saturated rings. The van der Waals surface area contributed by atoms with Crippen LogP contribution in [0.15, 0.2) is 18.2 Å². The van der Waals surface area contributed by atoms with Crippen LogP contribution in [0.3, 0.4) is 0 Å². The van der Waals surface area contributed by atoms with Gasteiger partial charge in [0, 0.05) is 6.54 Å². The molecule has 0 aromatic heterocycles. The summed E-state index contributed by atoms with van der Waals surface area (Å²) in [7, 11) is 3.21. The molecule has 1 aromatic carbocycles. The Morgan fingerprint density at radius 1 is 1.21 bits per heavy atom. The number of rotatable bonds is 9. The van der Waals surface area contributed by atoms with E-state index in [2.05, 4.69) is 5.32 Å². The molecule has 24 heavy (non-hydrogen) atoms. The molecule has 0 saturated heterocycles. The summed E-state index contributed by atoms with van der Waals surface area (Å²) in [5, 5.41) is 12.5. The molecule has 0 aliphatic rings. The van der Waals surface area contributed by atoms with Crippen molar-refractivity contribution in [3.05, 3.63) is 23.8 Å². The summed E-state index contributed by atoms with van der Waals surface area (Å²) in [6, 6.07) is 5.78.